The summed E-state index contributed by atoms with van der Waals surface area (Å²) in [6.45, 7) is 7.50. The number of fused-ring (bicyclic) bond motifs is 1. The average Bonchev–Trinajstić information content (AvgIpc) is 3.24. The summed E-state index contributed by atoms with van der Waals surface area (Å²) in [5.74, 6) is -0.0873. The van der Waals surface area contributed by atoms with Gasteiger partial charge in [-0.2, -0.15) is 0 Å². The van der Waals surface area contributed by atoms with E-state index in [0.29, 0.717) is 19.5 Å². The molecule has 0 aliphatic carbocycles. The second-order valence-corrected chi connectivity index (χ2v) is 8.04. The first-order valence-corrected chi connectivity index (χ1v) is 9.66. The molecule has 0 bridgehead atoms. The lowest BCUT2D eigenvalue weighted by atomic mass is 10.2. The van der Waals surface area contributed by atoms with Crippen molar-refractivity contribution in [1.29, 1.82) is 0 Å². The van der Waals surface area contributed by atoms with Crippen LogP contribution in [0.3, 0.4) is 0 Å². The number of hydrogen-bond donors (Lipinski definition) is 1. The zero-order chi connectivity index (χ0) is 19.4. The number of hydrogen-bond acceptors (Lipinski definition) is 3. The second kappa shape index (κ2) is 8.03. The van der Waals surface area contributed by atoms with E-state index in [1.807, 2.05) is 32.9 Å². The molecule has 6 nitrogen and oxygen atoms in total. The molecule has 0 spiro atoms. The van der Waals surface area contributed by atoms with Crippen LogP contribution in [-0.2, 0) is 16.1 Å². The summed E-state index contributed by atoms with van der Waals surface area (Å²) in [5.41, 5.74) is 0.649. The van der Waals surface area contributed by atoms with E-state index in [-0.39, 0.29) is 5.91 Å². The van der Waals surface area contributed by atoms with Crippen molar-refractivity contribution in [3.05, 3.63) is 36.5 Å². The number of rotatable bonds is 5. The number of ether oxygens (including phenoxy) is 1. The maximum Gasteiger partial charge on any atom is 0.410 e. The number of nitrogens with one attached hydrogen (secondary N) is 1. The monoisotopic (exact) mass is 371 g/mol. The third-order valence-corrected chi connectivity index (χ3v) is 4.74. The van der Waals surface area contributed by atoms with Crippen molar-refractivity contribution >= 4 is 22.9 Å². The molecule has 146 valence electrons. The predicted molar refractivity (Wildman–Crippen MR) is 106 cm³/mol. The molecular weight excluding hydrogens is 342 g/mol. The molecule has 3 rings (SSSR count). The fourth-order valence-electron chi connectivity index (χ4n) is 3.49. The lowest BCUT2D eigenvalue weighted by Crippen LogP contribution is -2.47. The second-order valence-electron chi connectivity index (χ2n) is 8.04. The minimum absolute atomic E-state index is 0.0873. The standard InChI is InChI=1S/C21H29N3O3/c1-21(2,3)27-20(26)24-14-6-10-18(24)19(25)22-12-7-13-23-15-11-16-8-4-5-9-17(16)23/h4-5,8-9,11,15,18H,6-7,10,12-14H2,1-3H3,(H,22,25)/t18-/m0/s1. The Morgan fingerprint density at radius 3 is 2.78 bits per heavy atom. The van der Waals surface area contributed by atoms with Gasteiger partial charge in [-0.3, -0.25) is 9.69 Å². The number of nitrogens with zero attached hydrogens (tertiary/aromatic N) is 2. The van der Waals surface area contributed by atoms with E-state index in [1.54, 1.807) is 4.90 Å². The molecule has 1 atom stereocenters. The highest BCUT2D eigenvalue weighted by molar-refractivity contribution is 5.86. The van der Waals surface area contributed by atoms with Crippen LogP contribution in [-0.4, -0.2) is 46.2 Å². The van der Waals surface area contributed by atoms with Crippen LogP contribution in [0.15, 0.2) is 36.5 Å². The molecule has 1 saturated heterocycles. The smallest absolute Gasteiger partial charge is 0.410 e. The summed E-state index contributed by atoms with van der Waals surface area (Å²) in [5, 5.41) is 4.20. The van der Waals surface area contributed by atoms with E-state index in [2.05, 4.69) is 34.3 Å². The number of aromatic nitrogens is 1. The van der Waals surface area contributed by atoms with Gasteiger partial charge in [0.2, 0.25) is 5.91 Å². The van der Waals surface area contributed by atoms with Gasteiger partial charge >= 0.3 is 6.09 Å². The molecule has 2 heterocycles. The molecule has 0 radical (unpaired) electrons. The van der Waals surface area contributed by atoms with Crippen LogP contribution in [0.4, 0.5) is 4.79 Å². The van der Waals surface area contributed by atoms with E-state index in [0.717, 1.165) is 19.4 Å². The van der Waals surface area contributed by atoms with Gasteiger partial charge in [-0.15, -0.1) is 0 Å². The van der Waals surface area contributed by atoms with E-state index in [4.69, 9.17) is 4.74 Å². The predicted octanol–water partition coefficient (Wildman–Crippen LogP) is 3.55. The van der Waals surface area contributed by atoms with Gasteiger partial charge in [0.15, 0.2) is 0 Å². The molecular formula is C21H29N3O3. The van der Waals surface area contributed by atoms with E-state index < -0.39 is 17.7 Å². The van der Waals surface area contributed by atoms with Gasteiger partial charge < -0.3 is 14.6 Å². The maximum atomic E-state index is 12.5. The third-order valence-electron chi connectivity index (χ3n) is 4.74. The van der Waals surface area contributed by atoms with Crippen LogP contribution in [0.5, 0.6) is 0 Å². The molecule has 27 heavy (non-hydrogen) atoms. The van der Waals surface area contributed by atoms with Crippen LogP contribution in [0.25, 0.3) is 10.9 Å². The molecule has 1 fully saturated rings. The summed E-state index contributed by atoms with van der Waals surface area (Å²) in [4.78, 5) is 26.4. The Morgan fingerprint density at radius 1 is 1.22 bits per heavy atom. The number of carbonyl (C=O) groups excluding carboxylic acids is 2. The van der Waals surface area contributed by atoms with E-state index in [1.165, 1.54) is 10.9 Å². The molecule has 1 aliphatic heterocycles. The van der Waals surface area contributed by atoms with Crippen molar-refractivity contribution < 1.29 is 14.3 Å². The van der Waals surface area contributed by atoms with Crippen molar-refractivity contribution in [2.45, 2.75) is 58.2 Å². The van der Waals surface area contributed by atoms with Gasteiger partial charge in [-0.25, -0.2) is 4.79 Å². The van der Waals surface area contributed by atoms with E-state index in [9.17, 15) is 9.59 Å². The number of likely N-dealkylation sites (tertiary alicyclic amines) is 1. The Labute approximate surface area is 160 Å². The first-order valence-electron chi connectivity index (χ1n) is 9.66. The van der Waals surface area contributed by atoms with Crippen molar-refractivity contribution in [1.82, 2.24) is 14.8 Å². The molecule has 1 aliphatic rings. The average molecular weight is 371 g/mol. The molecule has 1 N–H and O–H groups in total. The zero-order valence-electron chi connectivity index (χ0n) is 16.4. The summed E-state index contributed by atoms with van der Waals surface area (Å²) < 4.78 is 7.62. The Hall–Kier alpha value is -2.50. The molecule has 0 saturated carbocycles. The summed E-state index contributed by atoms with van der Waals surface area (Å²) >= 11 is 0. The zero-order valence-corrected chi connectivity index (χ0v) is 16.4. The normalized spacial score (nSPS) is 17.3. The van der Waals surface area contributed by atoms with Crippen LogP contribution < -0.4 is 5.32 Å². The maximum absolute atomic E-state index is 12.5. The Balaban J connectivity index is 1.48. The number of aryl methyl sites for hydroxylation is 1. The van der Waals surface area contributed by atoms with Gasteiger partial charge in [0.1, 0.15) is 11.6 Å². The third kappa shape index (κ3) is 4.81. The molecule has 2 aromatic rings. The van der Waals surface area contributed by atoms with Crippen LogP contribution >= 0.6 is 0 Å². The number of benzene rings is 1. The Kier molecular flexibility index (Phi) is 5.73. The number of carbonyl (C=O) groups is 2. The highest BCUT2D eigenvalue weighted by Crippen LogP contribution is 2.21. The molecule has 2 amide bonds. The number of amides is 2. The van der Waals surface area contributed by atoms with Crippen molar-refractivity contribution in [2.24, 2.45) is 0 Å². The fraction of sp³-hybridized carbons (Fsp3) is 0.524. The highest BCUT2D eigenvalue weighted by Gasteiger charge is 2.36. The minimum atomic E-state index is -0.555. The van der Waals surface area contributed by atoms with Gasteiger partial charge in [-0.1, -0.05) is 18.2 Å². The van der Waals surface area contributed by atoms with E-state index >= 15 is 0 Å². The lowest BCUT2D eigenvalue weighted by Gasteiger charge is -2.28. The summed E-state index contributed by atoms with van der Waals surface area (Å²) in [6, 6.07) is 9.94. The van der Waals surface area contributed by atoms with Crippen molar-refractivity contribution in [2.75, 3.05) is 13.1 Å². The summed E-state index contributed by atoms with van der Waals surface area (Å²) in [7, 11) is 0. The molecule has 6 heteroatoms. The fourth-order valence-corrected chi connectivity index (χ4v) is 3.49. The Bertz CT molecular complexity index is 806. The van der Waals surface area contributed by atoms with Crippen molar-refractivity contribution in [3.63, 3.8) is 0 Å². The molecule has 1 aromatic heterocycles. The van der Waals surface area contributed by atoms with Gasteiger partial charge in [0, 0.05) is 31.3 Å². The Morgan fingerprint density at radius 2 is 2.00 bits per heavy atom. The quantitative estimate of drug-likeness (QED) is 0.818. The van der Waals surface area contributed by atoms with Gasteiger partial charge in [-0.05, 0) is 57.6 Å². The molecule has 0 unspecified atom stereocenters. The van der Waals surface area contributed by atoms with Crippen LogP contribution in [0.2, 0.25) is 0 Å². The highest BCUT2D eigenvalue weighted by atomic mass is 16.6. The lowest BCUT2D eigenvalue weighted by molar-refractivity contribution is -0.125. The summed E-state index contributed by atoms with van der Waals surface area (Å²) in [6.07, 6.45) is 4.02. The number of para-hydroxylation sites is 1. The SMILES string of the molecule is CC(C)(C)OC(=O)N1CCC[C@H]1C(=O)NCCCn1ccc2ccccc21. The molecule has 1 aromatic carbocycles. The minimum Gasteiger partial charge on any atom is -0.444 e. The van der Waals surface area contributed by atoms with Crippen LogP contribution in [0, 0.1) is 0 Å². The van der Waals surface area contributed by atoms with Crippen LogP contribution in [0.1, 0.15) is 40.0 Å². The topological polar surface area (TPSA) is 63.6 Å². The van der Waals surface area contributed by atoms with Crippen molar-refractivity contribution in [3.8, 4) is 0 Å². The first-order chi connectivity index (χ1) is 12.8. The van der Waals surface area contributed by atoms with Gasteiger partial charge in [0.25, 0.3) is 0 Å². The largest absolute Gasteiger partial charge is 0.444 e. The van der Waals surface area contributed by atoms with Gasteiger partial charge in [0.05, 0.1) is 0 Å². The first kappa shape index (κ1) is 19.3.